The van der Waals surface area contributed by atoms with Crippen molar-refractivity contribution in [1.82, 2.24) is 19.6 Å². The molecule has 1 N–H and O–H groups in total. The minimum atomic E-state index is -0.140. The molecule has 124 valence electrons. The largest absolute Gasteiger partial charge is 0.495 e. The highest BCUT2D eigenvalue weighted by Crippen LogP contribution is 2.24. The minimum Gasteiger partial charge on any atom is -0.495 e. The Kier molecular flexibility index (Phi) is 4.66. The van der Waals surface area contributed by atoms with Crippen LogP contribution in [0.3, 0.4) is 0 Å². The molecule has 0 unspecified atom stereocenters. The number of nitrogens with zero attached hydrogens (tertiary/aromatic N) is 4. The number of thioether (sulfide) groups is 1. The van der Waals surface area contributed by atoms with Crippen molar-refractivity contribution in [3.05, 3.63) is 41.7 Å². The number of para-hydroxylation sites is 2. The zero-order valence-corrected chi connectivity index (χ0v) is 14.4. The van der Waals surface area contributed by atoms with Crippen LogP contribution in [-0.4, -0.2) is 38.4 Å². The summed E-state index contributed by atoms with van der Waals surface area (Å²) in [6, 6.07) is 9.24. The summed E-state index contributed by atoms with van der Waals surface area (Å²) in [6.07, 6.45) is 0. The highest BCUT2D eigenvalue weighted by molar-refractivity contribution is 7.99. The third-order valence-corrected chi connectivity index (χ3v) is 4.31. The van der Waals surface area contributed by atoms with Gasteiger partial charge in [-0.25, -0.2) is 4.98 Å². The summed E-state index contributed by atoms with van der Waals surface area (Å²) in [5.41, 5.74) is 2.51. The highest BCUT2D eigenvalue weighted by Gasteiger charge is 2.13. The number of methoxy groups -OCH3 is 1. The number of amides is 1. The van der Waals surface area contributed by atoms with E-state index in [2.05, 4.69) is 20.5 Å². The Morgan fingerprint density at radius 3 is 2.88 bits per heavy atom. The van der Waals surface area contributed by atoms with Crippen LogP contribution in [-0.2, 0) is 4.79 Å². The Bertz CT molecular complexity index is 893. The lowest BCUT2D eigenvalue weighted by Gasteiger charge is -2.09. The maximum atomic E-state index is 12.2. The van der Waals surface area contributed by atoms with Gasteiger partial charge in [0.15, 0.2) is 5.16 Å². The summed E-state index contributed by atoms with van der Waals surface area (Å²) in [7, 11) is 1.57. The van der Waals surface area contributed by atoms with Crippen molar-refractivity contribution in [3.63, 3.8) is 0 Å². The average Bonchev–Trinajstić information content (AvgIpc) is 2.96. The van der Waals surface area contributed by atoms with Gasteiger partial charge in [0, 0.05) is 11.4 Å². The number of anilines is 1. The Balaban J connectivity index is 1.71. The van der Waals surface area contributed by atoms with Gasteiger partial charge in [0.1, 0.15) is 5.75 Å². The molecule has 0 spiro atoms. The topological polar surface area (TPSA) is 81.4 Å². The molecular formula is C16H17N5O2S. The van der Waals surface area contributed by atoms with Gasteiger partial charge >= 0.3 is 0 Å². The number of hydrogen-bond donors (Lipinski definition) is 1. The maximum absolute atomic E-state index is 12.2. The van der Waals surface area contributed by atoms with Gasteiger partial charge in [0.2, 0.25) is 5.91 Å². The van der Waals surface area contributed by atoms with Crippen molar-refractivity contribution in [3.8, 4) is 5.75 Å². The highest BCUT2D eigenvalue weighted by atomic mass is 32.2. The number of rotatable bonds is 5. The first-order chi connectivity index (χ1) is 11.6. The molecule has 24 heavy (non-hydrogen) atoms. The lowest BCUT2D eigenvalue weighted by atomic mass is 10.3. The third kappa shape index (κ3) is 3.33. The SMILES string of the molecule is COc1ccccc1NC(=O)CSc1nnc2nc(C)cc(C)n12. The number of ether oxygens (including phenoxy) is 1. The second-order valence-electron chi connectivity index (χ2n) is 5.19. The predicted molar refractivity (Wildman–Crippen MR) is 92.6 cm³/mol. The van der Waals surface area contributed by atoms with E-state index in [1.807, 2.05) is 36.4 Å². The average molecular weight is 343 g/mol. The van der Waals surface area contributed by atoms with Crippen LogP contribution in [0.15, 0.2) is 35.5 Å². The quantitative estimate of drug-likeness (QED) is 0.717. The Labute approximate surface area is 143 Å². The van der Waals surface area contributed by atoms with Gasteiger partial charge in [-0.3, -0.25) is 9.20 Å². The Hall–Kier alpha value is -2.61. The number of carbonyl (C=O) groups is 1. The molecule has 1 aromatic carbocycles. The Morgan fingerprint density at radius 2 is 2.08 bits per heavy atom. The minimum absolute atomic E-state index is 0.140. The number of fused-ring (bicyclic) bond motifs is 1. The van der Waals surface area contributed by atoms with E-state index in [-0.39, 0.29) is 11.7 Å². The zero-order valence-electron chi connectivity index (χ0n) is 13.6. The van der Waals surface area contributed by atoms with Crippen molar-refractivity contribution in [2.75, 3.05) is 18.2 Å². The summed E-state index contributed by atoms with van der Waals surface area (Å²) in [4.78, 5) is 16.5. The van der Waals surface area contributed by atoms with Crippen LogP contribution >= 0.6 is 11.8 Å². The number of carbonyl (C=O) groups excluding carboxylic acids is 1. The molecule has 2 heterocycles. The number of aryl methyl sites for hydroxylation is 2. The summed E-state index contributed by atoms with van der Waals surface area (Å²) in [5.74, 6) is 1.24. The number of benzene rings is 1. The fourth-order valence-corrected chi connectivity index (χ4v) is 3.14. The van der Waals surface area contributed by atoms with Crippen LogP contribution in [0.25, 0.3) is 5.78 Å². The van der Waals surface area contributed by atoms with E-state index in [1.54, 1.807) is 19.2 Å². The monoisotopic (exact) mass is 343 g/mol. The van der Waals surface area contributed by atoms with Gasteiger partial charge in [-0.05, 0) is 32.0 Å². The van der Waals surface area contributed by atoms with Crippen molar-refractivity contribution in [1.29, 1.82) is 0 Å². The van der Waals surface area contributed by atoms with Gasteiger partial charge in [0.25, 0.3) is 5.78 Å². The molecule has 1 amide bonds. The molecule has 0 atom stereocenters. The van der Waals surface area contributed by atoms with Crippen LogP contribution in [0, 0.1) is 13.8 Å². The van der Waals surface area contributed by atoms with Crippen LogP contribution in [0.5, 0.6) is 5.75 Å². The van der Waals surface area contributed by atoms with Gasteiger partial charge < -0.3 is 10.1 Å². The third-order valence-electron chi connectivity index (χ3n) is 3.38. The van der Waals surface area contributed by atoms with Crippen LogP contribution in [0.2, 0.25) is 0 Å². The van der Waals surface area contributed by atoms with Crippen molar-refractivity contribution in [2.24, 2.45) is 0 Å². The molecule has 3 aromatic rings. The summed E-state index contributed by atoms with van der Waals surface area (Å²) >= 11 is 1.31. The standard InChI is InChI=1S/C16H17N5O2S/c1-10-8-11(2)21-15(17-10)19-20-16(21)24-9-14(22)18-12-6-4-5-7-13(12)23-3/h4-8H,9H2,1-3H3,(H,18,22). The first kappa shape index (κ1) is 16.3. The van der Waals surface area contributed by atoms with Gasteiger partial charge in [-0.2, -0.15) is 0 Å². The molecule has 0 aliphatic rings. The lowest BCUT2D eigenvalue weighted by molar-refractivity contribution is -0.113. The van der Waals surface area contributed by atoms with E-state index in [0.29, 0.717) is 22.4 Å². The number of aromatic nitrogens is 4. The summed E-state index contributed by atoms with van der Waals surface area (Å²) in [6.45, 7) is 3.87. The van der Waals surface area contributed by atoms with Crippen molar-refractivity contribution >= 4 is 29.1 Å². The van der Waals surface area contributed by atoms with Crippen molar-refractivity contribution < 1.29 is 9.53 Å². The van der Waals surface area contributed by atoms with Gasteiger partial charge in [0.05, 0.1) is 18.6 Å². The molecule has 2 aromatic heterocycles. The van der Waals surface area contributed by atoms with Crippen LogP contribution in [0.4, 0.5) is 5.69 Å². The van der Waals surface area contributed by atoms with E-state index in [1.165, 1.54) is 11.8 Å². The molecule has 3 rings (SSSR count). The smallest absolute Gasteiger partial charge is 0.256 e. The van der Waals surface area contributed by atoms with Crippen LogP contribution < -0.4 is 10.1 Å². The molecule has 0 saturated heterocycles. The first-order valence-corrected chi connectivity index (χ1v) is 8.32. The second kappa shape index (κ2) is 6.88. The predicted octanol–water partition coefficient (Wildman–Crippen LogP) is 2.48. The Morgan fingerprint density at radius 1 is 1.29 bits per heavy atom. The van der Waals surface area contributed by atoms with E-state index in [0.717, 1.165) is 11.4 Å². The second-order valence-corrected chi connectivity index (χ2v) is 6.14. The first-order valence-electron chi connectivity index (χ1n) is 7.33. The molecule has 0 fully saturated rings. The zero-order chi connectivity index (χ0) is 17.1. The van der Waals surface area contributed by atoms with E-state index >= 15 is 0 Å². The molecular weight excluding hydrogens is 326 g/mol. The summed E-state index contributed by atoms with van der Waals surface area (Å²) < 4.78 is 7.07. The van der Waals surface area contributed by atoms with E-state index < -0.39 is 0 Å². The summed E-state index contributed by atoms with van der Waals surface area (Å²) in [5, 5.41) is 11.7. The molecule has 0 bridgehead atoms. The maximum Gasteiger partial charge on any atom is 0.256 e. The molecule has 0 saturated carbocycles. The van der Waals surface area contributed by atoms with Gasteiger partial charge in [-0.1, -0.05) is 23.9 Å². The van der Waals surface area contributed by atoms with E-state index in [4.69, 9.17) is 4.74 Å². The van der Waals surface area contributed by atoms with Gasteiger partial charge in [-0.15, -0.1) is 10.2 Å². The number of hydrogen-bond acceptors (Lipinski definition) is 6. The molecule has 7 nitrogen and oxygen atoms in total. The fraction of sp³-hybridized carbons (Fsp3) is 0.250. The van der Waals surface area contributed by atoms with E-state index in [9.17, 15) is 4.79 Å². The van der Waals surface area contributed by atoms with Crippen molar-refractivity contribution in [2.45, 2.75) is 19.0 Å². The molecule has 0 aliphatic heterocycles. The van der Waals surface area contributed by atoms with Crippen LogP contribution in [0.1, 0.15) is 11.4 Å². The number of nitrogens with one attached hydrogen (secondary N) is 1. The lowest BCUT2D eigenvalue weighted by Crippen LogP contribution is -2.15. The normalized spacial score (nSPS) is 10.8. The molecule has 0 aliphatic carbocycles. The fourth-order valence-electron chi connectivity index (χ4n) is 2.36. The molecule has 8 heteroatoms. The molecule has 0 radical (unpaired) electrons.